The fourth-order valence-electron chi connectivity index (χ4n) is 8.54. The summed E-state index contributed by atoms with van der Waals surface area (Å²) in [5, 5.41) is 0. The average Bonchev–Trinajstić information content (AvgIpc) is 3.62. The zero-order chi connectivity index (χ0) is 35.2. The SMILES string of the molecule is C1=CCC=CC(C2(c3cc(-c4ccccc4)cc(-c4ccccc4)c3)c3ccccc3-c3cc(-c4nc5ccccc5n4-c4ccccc4)ccc32)=C1. The van der Waals surface area contributed by atoms with Crippen molar-refractivity contribution >= 4 is 11.0 Å². The summed E-state index contributed by atoms with van der Waals surface area (Å²) in [4.78, 5) is 5.26. The summed E-state index contributed by atoms with van der Waals surface area (Å²) in [6, 6.07) is 63.9. The Labute approximate surface area is 310 Å². The first-order chi connectivity index (χ1) is 26.3. The lowest BCUT2D eigenvalue weighted by atomic mass is 9.66. The number of nitrogens with zero attached hydrogens (tertiary/aromatic N) is 2. The highest BCUT2D eigenvalue weighted by Gasteiger charge is 2.47. The Morgan fingerprint density at radius 3 is 1.89 bits per heavy atom. The van der Waals surface area contributed by atoms with Gasteiger partial charge in [0.15, 0.2) is 0 Å². The highest BCUT2D eigenvalue weighted by molar-refractivity contribution is 5.91. The van der Waals surface area contributed by atoms with Gasteiger partial charge in [-0.2, -0.15) is 0 Å². The Bertz CT molecular complexity index is 2670. The van der Waals surface area contributed by atoms with E-state index in [1.54, 1.807) is 0 Å². The molecule has 2 aliphatic rings. The lowest BCUT2D eigenvalue weighted by molar-refractivity contribution is 0.767. The second-order valence-corrected chi connectivity index (χ2v) is 13.9. The van der Waals surface area contributed by atoms with Gasteiger partial charge in [-0.05, 0) is 111 Å². The van der Waals surface area contributed by atoms with Crippen molar-refractivity contribution in [3.05, 3.63) is 229 Å². The second-order valence-electron chi connectivity index (χ2n) is 13.9. The first-order valence-electron chi connectivity index (χ1n) is 18.4. The third-order valence-corrected chi connectivity index (χ3v) is 10.9. The molecule has 0 bridgehead atoms. The van der Waals surface area contributed by atoms with Crippen LogP contribution < -0.4 is 0 Å². The molecule has 0 spiro atoms. The van der Waals surface area contributed by atoms with Gasteiger partial charge in [0.1, 0.15) is 5.82 Å². The topological polar surface area (TPSA) is 17.8 Å². The van der Waals surface area contributed by atoms with Gasteiger partial charge in [0.25, 0.3) is 0 Å². The van der Waals surface area contributed by atoms with Crippen LogP contribution in [0, 0.1) is 0 Å². The summed E-state index contributed by atoms with van der Waals surface area (Å²) < 4.78 is 2.29. The van der Waals surface area contributed by atoms with Crippen LogP contribution in [0.4, 0.5) is 0 Å². The van der Waals surface area contributed by atoms with Crippen molar-refractivity contribution in [1.82, 2.24) is 9.55 Å². The molecule has 0 saturated carbocycles. The molecule has 7 aromatic carbocycles. The maximum absolute atomic E-state index is 5.26. The van der Waals surface area contributed by atoms with Crippen LogP contribution in [0.3, 0.4) is 0 Å². The smallest absolute Gasteiger partial charge is 0.145 e. The van der Waals surface area contributed by atoms with Gasteiger partial charge in [0.05, 0.1) is 16.4 Å². The van der Waals surface area contributed by atoms with E-state index in [0.29, 0.717) is 0 Å². The number of benzene rings is 7. The van der Waals surface area contributed by atoms with Gasteiger partial charge in [0.2, 0.25) is 0 Å². The molecular weight excluding hydrogens is 641 g/mol. The van der Waals surface area contributed by atoms with Crippen LogP contribution in [0.2, 0.25) is 0 Å². The van der Waals surface area contributed by atoms with E-state index in [0.717, 1.165) is 34.5 Å². The number of allylic oxidation sites excluding steroid dienone is 6. The average molecular weight is 677 g/mol. The molecule has 0 radical (unpaired) electrons. The summed E-state index contributed by atoms with van der Waals surface area (Å²) in [5.41, 5.74) is 16.1. The summed E-state index contributed by atoms with van der Waals surface area (Å²) >= 11 is 0. The lowest BCUT2D eigenvalue weighted by Crippen LogP contribution is -2.29. The first kappa shape index (κ1) is 31.0. The van der Waals surface area contributed by atoms with Crippen molar-refractivity contribution < 1.29 is 0 Å². The van der Waals surface area contributed by atoms with Crippen molar-refractivity contribution in [2.45, 2.75) is 11.8 Å². The molecule has 0 aliphatic heterocycles. The van der Waals surface area contributed by atoms with E-state index in [2.05, 4.69) is 211 Å². The molecule has 1 atom stereocenters. The molecule has 0 N–H and O–H groups in total. The lowest BCUT2D eigenvalue weighted by Gasteiger charge is -2.35. The molecule has 0 amide bonds. The molecule has 53 heavy (non-hydrogen) atoms. The molecule has 2 aliphatic carbocycles. The van der Waals surface area contributed by atoms with E-state index >= 15 is 0 Å². The van der Waals surface area contributed by atoms with Crippen LogP contribution in [0.5, 0.6) is 0 Å². The van der Waals surface area contributed by atoms with E-state index in [9.17, 15) is 0 Å². The maximum Gasteiger partial charge on any atom is 0.145 e. The standard InChI is InChI=1S/C51H36N2/c1-2-11-23-41(22-10-1)51(42-33-39(36-18-6-3-7-19-36)32-40(34-42)37-20-8-4-9-21-37)46-27-15-14-26-44(46)45-35-38(30-31-47(45)51)50-52-48-28-16-17-29-49(48)53(50)43-24-12-5-13-25-43/h1,3-35H,2H2. The minimum absolute atomic E-state index is 0.566. The largest absolute Gasteiger partial charge is 0.292 e. The summed E-state index contributed by atoms with van der Waals surface area (Å²) in [6.45, 7) is 0. The molecule has 1 heterocycles. The number of para-hydroxylation sites is 3. The highest BCUT2D eigenvalue weighted by Crippen LogP contribution is 2.58. The Balaban J connectivity index is 1.28. The monoisotopic (exact) mass is 676 g/mol. The van der Waals surface area contributed by atoms with Crippen molar-refractivity contribution in [3.63, 3.8) is 0 Å². The Kier molecular flexibility index (Phi) is 7.47. The van der Waals surface area contributed by atoms with Crippen LogP contribution >= 0.6 is 0 Å². The zero-order valence-corrected chi connectivity index (χ0v) is 29.2. The minimum atomic E-state index is -0.566. The molecule has 2 heteroatoms. The molecule has 1 unspecified atom stereocenters. The normalized spacial score (nSPS) is 15.9. The molecule has 0 fully saturated rings. The number of hydrogen-bond donors (Lipinski definition) is 0. The van der Waals surface area contributed by atoms with Gasteiger partial charge < -0.3 is 0 Å². The Morgan fingerprint density at radius 2 is 1.13 bits per heavy atom. The predicted octanol–water partition coefficient (Wildman–Crippen LogP) is 12.8. The molecular formula is C51H36N2. The third-order valence-electron chi connectivity index (χ3n) is 10.9. The van der Waals surface area contributed by atoms with Gasteiger partial charge >= 0.3 is 0 Å². The summed E-state index contributed by atoms with van der Waals surface area (Å²) in [7, 11) is 0. The molecule has 8 aromatic rings. The predicted molar refractivity (Wildman–Crippen MR) is 220 cm³/mol. The van der Waals surface area contributed by atoms with Gasteiger partial charge in [-0.3, -0.25) is 4.57 Å². The molecule has 0 saturated heterocycles. The number of hydrogen-bond acceptors (Lipinski definition) is 1. The zero-order valence-electron chi connectivity index (χ0n) is 29.2. The van der Waals surface area contributed by atoms with Crippen LogP contribution in [0.1, 0.15) is 23.1 Å². The van der Waals surface area contributed by atoms with E-state index in [1.807, 2.05) is 0 Å². The molecule has 10 rings (SSSR count). The van der Waals surface area contributed by atoms with Gasteiger partial charge in [0, 0.05) is 11.3 Å². The number of aromatic nitrogens is 2. The molecule has 250 valence electrons. The number of fused-ring (bicyclic) bond motifs is 4. The molecule has 1 aromatic heterocycles. The van der Waals surface area contributed by atoms with Crippen molar-refractivity contribution in [1.29, 1.82) is 0 Å². The molecule has 2 nitrogen and oxygen atoms in total. The summed E-state index contributed by atoms with van der Waals surface area (Å²) in [5.74, 6) is 0.934. The Morgan fingerprint density at radius 1 is 0.491 bits per heavy atom. The number of imidazole rings is 1. The fourth-order valence-corrected chi connectivity index (χ4v) is 8.54. The van der Waals surface area contributed by atoms with Crippen molar-refractivity contribution in [3.8, 4) is 50.5 Å². The van der Waals surface area contributed by atoms with Gasteiger partial charge in [-0.25, -0.2) is 4.98 Å². The highest BCUT2D eigenvalue weighted by atomic mass is 15.1. The summed E-state index contributed by atoms with van der Waals surface area (Å²) in [6.07, 6.45) is 12.4. The first-order valence-corrected chi connectivity index (χ1v) is 18.4. The number of rotatable bonds is 6. The van der Waals surface area contributed by atoms with E-state index in [1.165, 1.54) is 55.6 Å². The second kappa shape index (κ2) is 12.8. The van der Waals surface area contributed by atoms with E-state index in [-0.39, 0.29) is 0 Å². The van der Waals surface area contributed by atoms with Crippen LogP contribution in [-0.4, -0.2) is 9.55 Å². The van der Waals surface area contributed by atoms with Crippen LogP contribution in [-0.2, 0) is 5.41 Å². The van der Waals surface area contributed by atoms with Crippen LogP contribution in [0.15, 0.2) is 212 Å². The fraction of sp³-hybridized carbons (Fsp3) is 0.0392. The van der Waals surface area contributed by atoms with Gasteiger partial charge in [-0.1, -0.05) is 158 Å². The van der Waals surface area contributed by atoms with Crippen molar-refractivity contribution in [2.75, 3.05) is 0 Å². The third kappa shape index (κ3) is 5.06. The minimum Gasteiger partial charge on any atom is -0.292 e. The quantitative estimate of drug-likeness (QED) is 0.171. The maximum atomic E-state index is 5.26. The van der Waals surface area contributed by atoms with E-state index < -0.39 is 5.41 Å². The van der Waals surface area contributed by atoms with Crippen molar-refractivity contribution in [2.24, 2.45) is 0 Å². The van der Waals surface area contributed by atoms with Crippen LogP contribution in [0.25, 0.3) is 61.5 Å². The Hall–Kier alpha value is -6.77. The van der Waals surface area contributed by atoms with Gasteiger partial charge in [-0.15, -0.1) is 0 Å². The van der Waals surface area contributed by atoms with E-state index in [4.69, 9.17) is 4.98 Å².